The van der Waals surface area contributed by atoms with Crippen LogP contribution in [0.15, 0.2) is 41.4 Å². The van der Waals surface area contributed by atoms with Crippen LogP contribution in [0.5, 0.6) is 5.88 Å². The second-order valence-electron chi connectivity index (χ2n) is 4.46. The maximum absolute atomic E-state index is 12.1. The Morgan fingerprint density at radius 1 is 1.14 bits per heavy atom. The molecule has 0 aliphatic carbocycles. The zero-order chi connectivity index (χ0) is 15.6. The Morgan fingerprint density at radius 2 is 1.76 bits per heavy atom. The van der Waals surface area contributed by atoms with Gasteiger partial charge in [0.25, 0.3) is 0 Å². The van der Waals surface area contributed by atoms with Crippen molar-refractivity contribution in [3.8, 4) is 5.88 Å². The van der Waals surface area contributed by atoms with E-state index < -0.39 is 22.0 Å². The van der Waals surface area contributed by atoms with Gasteiger partial charge >= 0.3 is 16.1 Å². The SMILES string of the molecule is Cc1ccc(S(=O)(=O)Oc2nccc(C)c2C(=O)O)cc1. The van der Waals surface area contributed by atoms with Crippen LogP contribution in [0.2, 0.25) is 0 Å². The molecule has 7 heteroatoms. The largest absolute Gasteiger partial charge is 0.477 e. The number of pyridine rings is 1. The Balaban J connectivity index is 2.44. The van der Waals surface area contributed by atoms with Crippen LogP contribution < -0.4 is 4.18 Å². The summed E-state index contributed by atoms with van der Waals surface area (Å²) in [6.07, 6.45) is 1.29. The van der Waals surface area contributed by atoms with E-state index in [1.807, 2.05) is 6.92 Å². The quantitative estimate of drug-likeness (QED) is 0.870. The average Bonchev–Trinajstić information content (AvgIpc) is 2.38. The molecule has 2 rings (SSSR count). The minimum Gasteiger partial charge on any atom is -0.477 e. The fourth-order valence-electron chi connectivity index (χ4n) is 1.71. The Hall–Kier alpha value is -2.41. The van der Waals surface area contributed by atoms with Gasteiger partial charge in [0, 0.05) is 6.20 Å². The fraction of sp³-hybridized carbons (Fsp3) is 0.143. The second-order valence-corrected chi connectivity index (χ2v) is 6.01. The molecular weight excluding hydrogens is 294 g/mol. The van der Waals surface area contributed by atoms with Crippen LogP contribution in [0.25, 0.3) is 0 Å². The molecule has 1 aromatic carbocycles. The van der Waals surface area contributed by atoms with E-state index in [1.54, 1.807) is 12.1 Å². The van der Waals surface area contributed by atoms with Gasteiger partial charge in [-0.15, -0.1) is 0 Å². The summed E-state index contributed by atoms with van der Waals surface area (Å²) in [5.41, 5.74) is 0.994. The highest BCUT2D eigenvalue weighted by Crippen LogP contribution is 2.23. The van der Waals surface area contributed by atoms with E-state index in [9.17, 15) is 13.2 Å². The third-order valence-electron chi connectivity index (χ3n) is 2.84. The number of hydrogen-bond donors (Lipinski definition) is 1. The summed E-state index contributed by atoms with van der Waals surface area (Å²) in [6, 6.07) is 7.49. The van der Waals surface area contributed by atoms with Crippen LogP contribution in [0.3, 0.4) is 0 Å². The van der Waals surface area contributed by atoms with Crippen LogP contribution in [0.4, 0.5) is 0 Å². The minimum atomic E-state index is -4.13. The van der Waals surface area contributed by atoms with Gasteiger partial charge in [-0.25, -0.2) is 9.78 Å². The first-order chi connectivity index (χ1) is 9.81. The van der Waals surface area contributed by atoms with Crippen molar-refractivity contribution in [3.63, 3.8) is 0 Å². The van der Waals surface area contributed by atoms with Crippen LogP contribution in [-0.4, -0.2) is 24.5 Å². The van der Waals surface area contributed by atoms with E-state index in [0.29, 0.717) is 5.56 Å². The van der Waals surface area contributed by atoms with Crippen LogP contribution in [0.1, 0.15) is 21.5 Å². The number of hydrogen-bond acceptors (Lipinski definition) is 5. The number of benzene rings is 1. The Labute approximate surface area is 122 Å². The first-order valence-corrected chi connectivity index (χ1v) is 7.42. The molecule has 0 spiro atoms. The van der Waals surface area contributed by atoms with E-state index in [1.165, 1.54) is 31.3 Å². The van der Waals surface area contributed by atoms with E-state index >= 15 is 0 Å². The molecule has 0 fully saturated rings. The molecule has 0 bridgehead atoms. The van der Waals surface area contributed by atoms with Crippen molar-refractivity contribution >= 4 is 16.1 Å². The van der Waals surface area contributed by atoms with Gasteiger partial charge in [-0.2, -0.15) is 8.42 Å². The fourth-order valence-corrected chi connectivity index (χ4v) is 2.61. The first-order valence-electron chi connectivity index (χ1n) is 6.01. The van der Waals surface area contributed by atoms with Gasteiger partial charge in [0.05, 0.1) is 0 Å². The second kappa shape index (κ2) is 5.53. The Bertz CT molecular complexity index is 782. The minimum absolute atomic E-state index is 0.0623. The van der Waals surface area contributed by atoms with Crippen molar-refractivity contribution in [2.75, 3.05) is 0 Å². The molecule has 6 nitrogen and oxygen atoms in total. The average molecular weight is 307 g/mol. The molecule has 0 saturated heterocycles. The summed E-state index contributed by atoms with van der Waals surface area (Å²) in [4.78, 5) is 14.8. The number of carbonyl (C=O) groups is 1. The standard InChI is InChI=1S/C14H13NO5S/c1-9-3-5-11(6-4-9)21(18,19)20-13-12(14(16)17)10(2)7-8-15-13/h3-8H,1-2H3,(H,16,17). The summed E-state index contributed by atoms with van der Waals surface area (Å²) >= 11 is 0. The van der Waals surface area contributed by atoms with Crippen molar-refractivity contribution in [1.29, 1.82) is 0 Å². The molecule has 0 saturated carbocycles. The third kappa shape index (κ3) is 3.19. The van der Waals surface area contributed by atoms with Crippen molar-refractivity contribution in [3.05, 3.63) is 53.2 Å². The molecule has 21 heavy (non-hydrogen) atoms. The molecular formula is C14H13NO5S. The van der Waals surface area contributed by atoms with Gasteiger partial charge in [0.1, 0.15) is 10.5 Å². The molecule has 0 radical (unpaired) electrons. The summed E-state index contributed by atoms with van der Waals surface area (Å²) in [5, 5.41) is 9.14. The van der Waals surface area contributed by atoms with Gasteiger partial charge in [-0.3, -0.25) is 0 Å². The zero-order valence-electron chi connectivity index (χ0n) is 11.4. The highest BCUT2D eigenvalue weighted by molar-refractivity contribution is 7.87. The smallest absolute Gasteiger partial charge is 0.341 e. The van der Waals surface area contributed by atoms with Crippen molar-refractivity contribution in [2.24, 2.45) is 0 Å². The van der Waals surface area contributed by atoms with Crippen LogP contribution in [0, 0.1) is 13.8 Å². The Kier molecular flexibility index (Phi) is 3.95. The highest BCUT2D eigenvalue weighted by Gasteiger charge is 2.23. The molecule has 0 aliphatic rings. The molecule has 0 unspecified atom stereocenters. The summed E-state index contributed by atoms with van der Waals surface area (Å²) < 4.78 is 29.2. The molecule has 1 heterocycles. The van der Waals surface area contributed by atoms with Crippen molar-refractivity contribution in [1.82, 2.24) is 4.98 Å². The number of aryl methyl sites for hydroxylation is 2. The molecule has 2 aromatic rings. The van der Waals surface area contributed by atoms with Crippen LogP contribution in [-0.2, 0) is 10.1 Å². The summed E-state index contributed by atoms with van der Waals surface area (Å²) in [7, 11) is -4.13. The van der Waals surface area contributed by atoms with E-state index in [2.05, 4.69) is 4.98 Å². The zero-order valence-corrected chi connectivity index (χ0v) is 12.2. The topological polar surface area (TPSA) is 93.6 Å². The maximum atomic E-state index is 12.1. The number of rotatable bonds is 4. The molecule has 0 atom stereocenters. The van der Waals surface area contributed by atoms with Gasteiger partial charge in [-0.1, -0.05) is 17.7 Å². The lowest BCUT2D eigenvalue weighted by molar-refractivity contribution is 0.0693. The number of aromatic nitrogens is 1. The van der Waals surface area contributed by atoms with E-state index in [4.69, 9.17) is 9.29 Å². The number of nitrogens with zero attached hydrogens (tertiary/aromatic N) is 1. The van der Waals surface area contributed by atoms with E-state index in [0.717, 1.165) is 5.56 Å². The lowest BCUT2D eigenvalue weighted by atomic mass is 10.1. The lowest BCUT2D eigenvalue weighted by Crippen LogP contribution is -2.14. The maximum Gasteiger partial charge on any atom is 0.341 e. The molecule has 1 aromatic heterocycles. The van der Waals surface area contributed by atoms with Gasteiger partial charge < -0.3 is 9.29 Å². The number of carboxylic acids is 1. The van der Waals surface area contributed by atoms with E-state index in [-0.39, 0.29) is 10.5 Å². The number of carboxylic acid groups (broad SMARTS) is 1. The molecule has 0 amide bonds. The highest BCUT2D eigenvalue weighted by atomic mass is 32.2. The molecule has 0 aliphatic heterocycles. The lowest BCUT2D eigenvalue weighted by Gasteiger charge is -2.09. The van der Waals surface area contributed by atoms with Gasteiger partial charge in [-0.05, 0) is 37.6 Å². The third-order valence-corrected chi connectivity index (χ3v) is 4.06. The summed E-state index contributed by atoms with van der Waals surface area (Å²) in [5.74, 6) is -1.74. The normalized spacial score (nSPS) is 11.1. The molecule has 1 N–H and O–H groups in total. The first kappa shape index (κ1) is 15.0. The monoisotopic (exact) mass is 307 g/mol. The molecule has 110 valence electrons. The Morgan fingerprint density at radius 3 is 2.33 bits per heavy atom. The van der Waals surface area contributed by atoms with Gasteiger partial charge in [0.15, 0.2) is 0 Å². The number of aromatic carboxylic acids is 1. The predicted octanol–water partition coefficient (Wildman–Crippen LogP) is 2.16. The van der Waals surface area contributed by atoms with Crippen LogP contribution >= 0.6 is 0 Å². The van der Waals surface area contributed by atoms with Crippen molar-refractivity contribution in [2.45, 2.75) is 18.7 Å². The predicted molar refractivity (Wildman–Crippen MR) is 74.9 cm³/mol. The van der Waals surface area contributed by atoms with Crippen molar-refractivity contribution < 1.29 is 22.5 Å². The summed E-state index contributed by atoms with van der Waals surface area (Å²) in [6.45, 7) is 3.36. The van der Waals surface area contributed by atoms with Gasteiger partial charge in [0.2, 0.25) is 5.88 Å².